The van der Waals surface area contributed by atoms with E-state index in [-0.39, 0.29) is 0 Å². The van der Waals surface area contributed by atoms with E-state index < -0.39 is 0 Å². The van der Waals surface area contributed by atoms with E-state index in [1.54, 1.807) is 11.1 Å². The van der Waals surface area contributed by atoms with Crippen LogP contribution in [0, 0.1) is 0 Å². The SMILES string of the molecule is CC(C)N(CC1CCCCN1)CC1Cc2ccccc21. The maximum absolute atomic E-state index is 3.69. The van der Waals surface area contributed by atoms with E-state index in [4.69, 9.17) is 0 Å². The largest absolute Gasteiger partial charge is 0.313 e. The average molecular weight is 272 g/mol. The minimum atomic E-state index is 0.645. The van der Waals surface area contributed by atoms with Crippen LogP contribution >= 0.6 is 0 Å². The lowest BCUT2D eigenvalue weighted by Crippen LogP contribution is -2.47. The van der Waals surface area contributed by atoms with Crippen molar-refractivity contribution in [1.82, 2.24) is 10.2 Å². The van der Waals surface area contributed by atoms with Crippen molar-refractivity contribution in [2.45, 2.75) is 57.5 Å². The molecular weight excluding hydrogens is 244 g/mol. The van der Waals surface area contributed by atoms with Crippen LogP contribution in [0.2, 0.25) is 0 Å². The van der Waals surface area contributed by atoms with Crippen molar-refractivity contribution in [3.63, 3.8) is 0 Å². The zero-order valence-corrected chi connectivity index (χ0v) is 12.9. The van der Waals surface area contributed by atoms with Gasteiger partial charge in [-0.2, -0.15) is 0 Å². The Balaban J connectivity index is 1.58. The molecule has 110 valence electrons. The van der Waals surface area contributed by atoms with Gasteiger partial charge in [0.05, 0.1) is 0 Å². The summed E-state index contributed by atoms with van der Waals surface area (Å²) in [5, 5.41) is 3.69. The second kappa shape index (κ2) is 6.28. The first-order valence-electron chi connectivity index (χ1n) is 8.29. The van der Waals surface area contributed by atoms with E-state index in [0.717, 1.165) is 5.92 Å². The fourth-order valence-corrected chi connectivity index (χ4v) is 3.67. The third kappa shape index (κ3) is 3.07. The predicted octanol–water partition coefficient (Wildman–Crippen LogP) is 3.18. The van der Waals surface area contributed by atoms with Crippen LogP contribution in [0.25, 0.3) is 0 Å². The summed E-state index contributed by atoms with van der Waals surface area (Å²) >= 11 is 0. The average Bonchev–Trinajstić information content (AvgIpc) is 2.44. The Morgan fingerprint density at radius 1 is 1.20 bits per heavy atom. The Hall–Kier alpha value is -0.860. The molecule has 1 heterocycles. The van der Waals surface area contributed by atoms with Crippen molar-refractivity contribution in [2.24, 2.45) is 0 Å². The van der Waals surface area contributed by atoms with Crippen LogP contribution in [-0.2, 0) is 6.42 Å². The molecule has 20 heavy (non-hydrogen) atoms. The molecule has 0 aromatic heterocycles. The van der Waals surface area contributed by atoms with Gasteiger partial charge in [-0.3, -0.25) is 4.90 Å². The summed E-state index contributed by atoms with van der Waals surface area (Å²) in [5.74, 6) is 0.761. The number of nitrogens with one attached hydrogen (secondary N) is 1. The molecule has 2 nitrogen and oxygen atoms in total. The smallest absolute Gasteiger partial charge is 0.0195 e. The summed E-state index contributed by atoms with van der Waals surface area (Å²) in [5.41, 5.74) is 3.16. The van der Waals surface area contributed by atoms with Gasteiger partial charge in [-0.25, -0.2) is 0 Å². The zero-order valence-electron chi connectivity index (χ0n) is 12.9. The van der Waals surface area contributed by atoms with Crippen LogP contribution in [0.1, 0.15) is 50.2 Å². The molecule has 0 amide bonds. The Bertz CT molecular complexity index is 435. The highest BCUT2D eigenvalue weighted by Crippen LogP contribution is 2.35. The summed E-state index contributed by atoms with van der Waals surface area (Å²) in [6, 6.07) is 10.3. The molecule has 0 bridgehead atoms. The van der Waals surface area contributed by atoms with Crippen molar-refractivity contribution in [1.29, 1.82) is 0 Å². The lowest BCUT2D eigenvalue weighted by Gasteiger charge is -2.39. The molecule has 1 aromatic rings. The molecule has 0 spiro atoms. The number of hydrogen-bond donors (Lipinski definition) is 1. The van der Waals surface area contributed by atoms with Crippen LogP contribution in [0.3, 0.4) is 0 Å². The van der Waals surface area contributed by atoms with Crippen LogP contribution < -0.4 is 5.32 Å². The molecule has 2 aliphatic rings. The highest BCUT2D eigenvalue weighted by Gasteiger charge is 2.29. The summed E-state index contributed by atoms with van der Waals surface area (Å²) in [7, 11) is 0. The molecule has 2 atom stereocenters. The van der Waals surface area contributed by atoms with E-state index in [1.807, 2.05) is 0 Å². The molecule has 0 saturated carbocycles. The van der Waals surface area contributed by atoms with E-state index in [0.29, 0.717) is 12.1 Å². The highest BCUT2D eigenvalue weighted by atomic mass is 15.2. The molecule has 0 radical (unpaired) electrons. The van der Waals surface area contributed by atoms with Crippen molar-refractivity contribution < 1.29 is 0 Å². The first-order valence-corrected chi connectivity index (χ1v) is 8.29. The second-order valence-electron chi connectivity index (χ2n) is 6.79. The highest BCUT2D eigenvalue weighted by molar-refractivity contribution is 5.40. The maximum Gasteiger partial charge on any atom is 0.0195 e. The predicted molar refractivity (Wildman–Crippen MR) is 85.2 cm³/mol. The molecule has 2 heteroatoms. The third-order valence-electron chi connectivity index (χ3n) is 5.01. The number of piperidine rings is 1. The summed E-state index contributed by atoms with van der Waals surface area (Å²) in [4.78, 5) is 2.68. The van der Waals surface area contributed by atoms with E-state index in [1.165, 1.54) is 45.3 Å². The zero-order chi connectivity index (χ0) is 13.9. The Morgan fingerprint density at radius 2 is 2.05 bits per heavy atom. The van der Waals surface area contributed by atoms with Crippen LogP contribution in [0.5, 0.6) is 0 Å². The van der Waals surface area contributed by atoms with Crippen LogP contribution in [-0.4, -0.2) is 36.6 Å². The maximum atomic E-state index is 3.69. The summed E-state index contributed by atoms with van der Waals surface area (Å²) < 4.78 is 0. The van der Waals surface area contributed by atoms with Crippen molar-refractivity contribution in [3.05, 3.63) is 35.4 Å². The van der Waals surface area contributed by atoms with E-state index >= 15 is 0 Å². The van der Waals surface area contributed by atoms with Crippen molar-refractivity contribution in [2.75, 3.05) is 19.6 Å². The minimum absolute atomic E-state index is 0.645. The van der Waals surface area contributed by atoms with Gasteiger partial charge in [0.1, 0.15) is 0 Å². The monoisotopic (exact) mass is 272 g/mol. The number of hydrogen-bond acceptors (Lipinski definition) is 2. The molecule has 1 fully saturated rings. The molecule has 1 N–H and O–H groups in total. The van der Waals surface area contributed by atoms with Crippen LogP contribution in [0.15, 0.2) is 24.3 Å². The number of rotatable bonds is 5. The van der Waals surface area contributed by atoms with Gasteiger partial charge in [-0.05, 0) is 50.8 Å². The van der Waals surface area contributed by atoms with Gasteiger partial charge < -0.3 is 5.32 Å². The molecular formula is C18H28N2. The van der Waals surface area contributed by atoms with Gasteiger partial charge in [-0.1, -0.05) is 30.7 Å². The lowest BCUT2D eigenvalue weighted by molar-refractivity contribution is 0.170. The van der Waals surface area contributed by atoms with Gasteiger partial charge in [0.15, 0.2) is 0 Å². The minimum Gasteiger partial charge on any atom is -0.313 e. The summed E-state index contributed by atoms with van der Waals surface area (Å²) in [6.45, 7) is 8.34. The lowest BCUT2D eigenvalue weighted by atomic mass is 9.77. The van der Waals surface area contributed by atoms with Crippen molar-refractivity contribution >= 4 is 0 Å². The van der Waals surface area contributed by atoms with E-state index in [2.05, 4.69) is 48.3 Å². The Labute approximate surface area is 123 Å². The topological polar surface area (TPSA) is 15.3 Å². The molecule has 1 aliphatic carbocycles. The third-order valence-corrected chi connectivity index (χ3v) is 5.01. The summed E-state index contributed by atoms with van der Waals surface area (Å²) in [6.07, 6.45) is 5.38. The first-order chi connectivity index (χ1) is 9.74. The van der Waals surface area contributed by atoms with Gasteiger partial charge >= 0.3 is 0 Å². The number of benzene rings is 1. The van der Waals surface area contributed by atoms with Gasteiger partial charge in [0, 0.05) is 31.1 Å². The first kappa shape index (κ1) is 14.1. The number of nitrogens with zero attached hydrogens (tertiary/aromatic N) is 1. The molecule has 1 saturated heterocycles. The Morgan fingerprint density at radius 3 is 2.75 bits per heavy atom. The van der Waals surface area contributed by atoms with Crippen LogP contribution in [0.4, 0.5) is 0 Å². The quantitative estimate of drug-likeness (QED) is 0.885. The standard InChI is InChI=1S/C18H28N2/c1-14(2)20(13-17-8-5-6-10-19-17)12-16-11-15-7-3-4-9-18(15)16/h3-4,7,9,14,16-17,19H,5-6,8,10-13H2,1-2H3. The normalized spacial score (nSPS) is 25.6. The fraction of sp³-hybridized carbons (Fsp3) is 0.667. The Kier molecular flexibility index (Phi) is 4.42. The van der Waals surface area contributed by atoms with E-state index in [9.17, 15) is 0 Å². The van der Waals surface area contributed by atoms with Gasteiger partial charge in [0.25, 0.3) is 0 Å². The van der Waals surface area contributed by atoms with Gasteiger partial charge in [-0.15, -0.1) is 0 Å². The molecule has 1 aromatic carbocycles. The second-order valence-corrected chi connectivity index (χ2v) is 6.79. The number of fused-ring (bicyclic) bond motifs is 1. The van der Waals surface area contributed by atoms with Crippen molar-refractivity contribution in [3.8, 4) is 0 Å². The molecule has 2 unspecified atom stereocenters. The molecule has 1 aliphatic heterocycles. The molecule has 3 rings (SSSR count). The fourth-order valence-electron chi connectivity index (χ4n) is 3.67. The van der Waals surface area contributed by atoms with Gasteiger partial charge in [0.2, 0.25) is 0 Å².